The fourth-order valence-electron chi connectivity index (χ4n) is 1.44. The molecule has 1 amide bonds. The van der Waals surface area contributed by atoms with E-state index in [1.807, 2.05) is 0 Å². The number of carbonyl (C=O) groups is 1. The molecule has 1 N–H and O–H groups in total. The van der Waals surface area contributed by atoms with Crippen molar-refractivity contribution in [3.05, 3.63) is 57.9 Å². The molecular formula is C15H12BrClN2O3. The van der Waals surface area contributed by atoms with Crippen LogP contribution in [0.5, 0.6) is 5.75 Å². The molecule has 0 bridgehead atoms. The second kappa shape index (κ2) is 8.41. The molecule has 5 nitrogen and oxygen atoms in total. The number of hydrazone groups is 1. The van der Waals surface area contributed by atoms with Gasteiger partial charge in [-0.25, -0.2) is 5.43 Å². The van der Waals surface area contributed by atoms with Crippen molar-refractivity contribution in [2.45, 2.75) is 0 Å². The lowest BCUT2D eigenvalue weighted by atomic mass is 10.3. The van der Waals surface area contributed by atoms with Crippen molar-refractivity contribution in [2.75, 3.05) is 6.61 Å². The van der Waals surface area contributed by atoms with E-state index < -0.39 is 0 Å². The second-order valence-electron chi connectivity index (χ2n) is 4.05. The molecule has 2 aromatic rings. The van der Waals surface area contributed by atoms with Crippen LogP contribution in [0.3, 0.4) is 0 Å². The summed E-state index contributed by atoms with van der Waals surface area (Å²) >= 11 is 9.12. The van der Waals surface area contributed by atoms with Gasteiger partial charge in [0, 0.05) is 11.2 Å². The normalized spacial score (nSPS) is 11.2. The van der Waals surface area contributed by atoms with Gasteiger partial charge in [0.05, 0.1) is 10.7 Å². The highest BCUT2D eigenvalue weighted by molar-refractivity contribution is 9.10. The summed E-state index contributed by atoms with van der Waals surface area (Å²) in [4.78, 5) is 11.6. The number of hydrogen-bond acceptors (Lipinski definition) is 4. The Bertz CT molecular complexity index is 684. The zero-order valence-electron chi connectivity index (χ0n) is 11.3. The Balaban J connectivity index is 1.73. The summed E-state index contributed by atoms with van der Waals surface area (Å²) in [7, 11) is 0. The second-order valence-corrected chi connectivity index (χ2v) is 5.34. The zero-order chi connectivity index (χ0) is 15.8. The number of furan rings is 1. The summed E-state index contributed by atoms with van der Waals surface area (Å²) in [6, 6.07) is 8.63. The highest BCUT2D eigenvalue weighted by Gasteiger charge is 2.05. The van der Waals surface area contributed by atoms with Crippen LogP contribution in [-0.2, 0) is 4.79 Å². The standard InChI is InChI=1S/C15H12BrClN2O3/c16-13-9-11(17)5-6-14(13)22-10-15(20)19-18-7-1-3-12-4-2-8-21-12/h1-9H,10H2,(H,19,20)/b3-1+,18-7+. The van der Waals surface area contributed by atoms with Crippen LogP contribution in [0, 0.1) is 0 Å². The van der Waals surface area contributed by atoms with E-state index in [2.05, 4.69) is 26.5 Å². The number of halogens is 2. The van der Waals surface area contributed by atoms with Crippen LogP contribution in [0.4, 0.5) is 0 Å². The molecule has 0 spiro atoms. The molecule has 1 heterocycles. The van der Waals surface area contributed by atoms with Crippen LogP contribution in [0.2, 0.25) is 5.02 Å². The van der Waals surface area contributed by atoms with Gasteiger partial charge in [0.15, 0.2) is 6.61 Å². The maximum atomic E-state index is 11.6. The van der Waals surface area contributed by atoms with Crippen LogP contribution in [0.25, 0.3) is 6.08 Å². The number of nitrogens with one attached hydrogen (secondary N) is 1. The van der Waals surface area contributed by atoms with Crippen molar-refractivity contribution >= 4 is 45.7 Å². The van der Waals surface area contributed by atoms with Crippen molar-refractivity contribution in [1.82, 2.24) is 5.43 Å². The zero-order valence-corrected chi connectivity index (χ0v) is 13.7. The molecule has 114 valence electrons. The van der Waals surface area contributed by atoms with Gasteiger partial charge in [0.2, 0.25) is 0 Å². The Morgan fingerprint density at radius 2 is 2.32 bits per heavy atom. The summed E-state index contributed by atoms with van der Waals surface area (Å²) < 4.78 is 11.1. The maximum Gasteiger partial charge on any atom is 0.277 e. The molecule has 0 fully saturated rings. The SMILES string of the molecule is O=C(COc1ccc(Cl)cc1Br)N/N=C/C=C/c1ccco1. The van der Waals surface area contributed by atoms with E-state index in [9.17, 15) is 4.79 Å². The van der Waals surface area contributed by atoms with Crippen LogP contribution >= 0.6 is 27.5 Å². The van der Waals surface area contributed by atoms with Crippen molar-refractivity contribution in [2.24, 2.45) is 5.10 Å². The number of amides is 1. The minimum atomic E-state index is -0.371. The summed E-state index contributed by atoms with van der Waals surface area (Å²) in [5.41, 5.74) is 2.35. The monoisotopic (exact) mass is 382 g/mol. The molecule has 1 aromatic heterocycles. The Labute approximate surface area is 140 Å². The third-order valence-electron chi connectivity index (χ3n) is 2.41. The topological polar surface area (TPSA) is 63.8 Å². The average Bonchev–Trinajstić information content (AvgIpc) is 2.99. The number of rotatable bonds is 6. The van der Waals surface area contributed by atoms with Crippen molar-refractivity contribution in [3.63, 3.8) is 0 Å². The third kappa shape index (κ3) is 5.38. The van der Waals surface area contributed by atoms with E-state index in [0.717, 1.165) is 0 Å². The Kier molecular flexibility index (Phi) is 6.24. The van der Waals surface area contributed by atoms with Gasteiger partial charge in [-0.3, -0.25) is 4.79 Å². The molecular weight excluding hydrogens is 372 g/mol. The number of allylic oxidation sites excluding steroid dienone is 1. The van der Waals surface area contributed by atoms with Gasteiger partial charge in [0.1, 0.15) is 11.5 Å². The number of nitrogens with zero attached hydrogens (tertiary/aromatic N) is 1. The lowest BCUT2D eigenvalue weighted by Gasteiger charge is -2.07. The van der Waals surface area contributed by atoms with Gasteiger partial charge in [-0.1, -0.05) is 11.6 Å². The quantitative estimate of drug-likeness (QED) is 0.608. The number of benzene rings is 1. The first-order chi connectivity index (χ1) is 10.6. The molecule has 0 saturated heterocycles. The molecule has 2 rings (SSSR count). The smallest absolute Gasteiger partial charge is 0.277 e. The van der Waals surface area contributed by atoms with Crippen molar-refractivity contribution in [1.29, 1.82) is 0 Å². The highest BCUT2D eigenvalue weighted by atomic mass is 79.9. The fourth-order valence-corrected chi connectivity index (χ4v) is 2.24. The van der Waals surface area contributed by atoms with E-state index in [-0.39, 0.29) is 12.5 Å². The highest BCUT2D eigenvalue weighted by Crippen LogP contribution is 2.27. The lowest BCUT2D eigenvalue weighted by molar-refractivity contribution is -0.123. The molecule has 0 aliphatic carbocycles. The Morgan fingerprint density at radius 1 is 1.45 bits per heavy atom. The van der Waals surface area contributed by atoms with Crippen molar-refractivity contribution < 1.29 is 13.9 Å². The molecule has 0 aliphatic heterocycles. The van der Waals surface area contributed by atoms with Crippen molar-refractivity contribution in [3.8, 4) is 5.75 Å². The van der Waals surface area contributed by atoms with E-state index >= 15 is 0 Å². The first-order valence-corrected chi connectivity index (χ1v) is 7.42. The maximum absolute atomic E-state index is 11.6. The van der Waals surface area contributed by atoms with Crippen LogP contribution in [-0.4, -0.2) is 18.7 Å². The first-order valence-electron chi connectivity index (χ1n) is 6.25. The number of hydrogen-bond donors (Lipinski definition) is 1. The largest absolute Gasteiger partial charge is 0.483 e. The first kappa shape index (κ1) is 16.3. The number of ether oxygens (including phenoxy) is 1. The average molecular weight is 384 g/mol. The summed E-state index contributed by atoms with van der Waals surface area (Å²) in [5, 5.41) is 4.33. The van der Waals surface area contributed by atoms with Crippen LogP contribution < -0.4 is 10.2 Å². The number of carbonyl (C=O) groups excluding carboxylic acids is 1. The van der Waals surface area contributed by atoms with Crippen LogP contribution in [0.15, 0.2) is 56.7 Å². The van der Waals surface area contributed by atoms with Gasteiger partial charge in [-0.15, -0.1) is 0 Å². The Hall–Kier alpha value is -2.05. The van der Waals surface area contributed by atoms with Gasteiger partial charge < -0.3 is 9.15 Å². The molecule has 0 atom stereocenters. The van der Waals surface area contributed by atoms with E-state index in [1.165, 1.54) is 6.21 Å². The lowest BCUT2D eigenvalue weighted by Crippen LogP contribution is -2.24. The van der Waals surface area contributed by atoms with E-state index in [0.29, 0.717) is 21.0 Å². The predicted molar refractivity (Wildman–Crippen MR) is 89.0 cm³/mol. The Morgan fingerprint density at radius 3 is 3.05 bits per heavy atom. The molecule has 0 aliphatic rings. The minimum absolute atomic E-state index is 0.153. The van der Waals surface area contributed by atoms with Gasteiger partial charge in [-0.05, 0) is 58.4 Å². The summed E-state index contributed by atoms with van der Waals surface area (Å²) in [6.45, 7) is -0.153. The molecule has 22 heavy (non-hydrogen) atoms. The fraction of sp³-hybridized carbons (Fsp3) is 0.0667. The molecule has 0 unspecified atom stereocenters. The summed E-state index contributed by atoms with van der Waals surface area (Å²) in [6.07, 6.45) is 6.39. The predicted octanol–water partition coefficient (Wildman–Crippen LogP) is 3.89. The molecule has 0 saturated carbocycles. The minimum Gasteiger partial charge on any atom is -0.483 e. The van der Waals surface area contributed by atoms with Gasteiger partial charge >= 0.3 is 0 Å². The van der Waals surface area contributed by atoms with Gasteiger partial charge in [0.25, 0.3) is 5.91 Å². The molecule has 1 aromatic carbocycles. The van der Waals surface area contributed by atoms with Gasteiger partial charge in [-0.2, -0.15) is 5.10 Å². The van der Waals surface area contributed by atoms with Crippen LogP contribution in [0.1, 0.15) is 5.76 Å². The summed E-state index contributed by atoms with van der Waals surface area (Å²) in [5.74, 6) is 0.861. The molecule has 0 radical (unpaired) electrons. The van der Waals surface area contributed by atoms with E-state index in [4.69, 9.17) is 20.8 Å². The molecule has 7 heteroatoms. The van der Waals surface area contributed by atoms with E-state index in [1.54, 1.807) is 48.7 Å². The third-order valence-corrected chi connectivity index (χ3v) is 3.26.